The van der Waals surface area contributed by atoms with Gasteiger partial charge in [0.15, 0.2) is 0 Å². The molecule has 0 bridgehead atoms. The van der Waals surface area contributed by atoms with Gasteiger partial charge < -0.3 is 28.9 Å². The van der Waals surface area contributed by atoms with E-state index in [9.17, 15) is 0 Å². The van der Waals surface area contributed by atoms with Crippen LogP contribution in [0.5, 0.6) is 0 Å². The molecule has 13 rings (SSSR count). The number of allylic oxidation sites excluding steroid dienone is 12. The van der Waals surface area contributed by atoms with Crippen LogP contribution in [0.3, 0.4) is 0 Å². The molecule has 10 aliphatic rings. The molecule has 72 heavy (non-hydrogen) atoms. The molecule has 0 unspecified atom stereocenters. The highest BCUT2D eigenvalue weighted by Crippen LogP contribution is 2.36. The predicted molar refractivity (Wildman–Crippen MR) is 309 cm³/mol. The van der Waals surface area contributed by atoms with Gasteiger partial charge in [0.1, 0.15) is 11.5 Å². The van der Waals surface area contributed by atoms with Crippen molar-refractivity contribution in [1.82, 2.24) is 4.57 Å². The van der Waals surface area contributed by atoms with Gasteiger partial charge in [-0.25, -0.2) is 0 Å². The maximum absolute atomic E-state index is 5.38. The highest BCUT2D eigenvalue weighted by molar-refractivity contribution is 6.05. The summed E-state index contributed by atoms with van der Waals surface area (Å²) in [6.45, 7) is 13.3. The summed E-state index contributed by atoms with van der Waals surface area (Å²) in [5.74, 6) is 1.97. The fourth-order valence-corrected chi connectivity index (χ4v) is 9.34. The SMILES string of the molecule is C/C=C/c1ccc2cccn(C)c1-2.C/C=C/c1ccc2cccoc1-2.C/C=C1\C=Cc2ccccc2N1C.CC1=C2CC=CC=C2C=C1.Cc1ccc2c3c(cccc13)NCN2.Cc1ccc2cccoc1-2. The molecule has 6 nitrogen and oxygen atoms in total. The Morgan fingerprint density at radius 1 is 0.583 bits per heavy atom. The van der Waals surface area contributed by atoms with Gasteiger partial charge in [0.25, 0.3) is 0 Å². The average molecular weight is 947 g/mol. The number of nitrogens with one attached hydrogen (secondary N) is 2. The molecule has 0 saturated carbocycles. The number of nitrogens with zero attached hydrogens (tertiary/aromatic N) is 2. The fourth-order valence-electron chi connectivity index (χ4n) is 9.34. The summed E-state index contributed by atoms with van der Waals surface area (Å²) in [5.41, 5.74) is 20.5. The first kappa shape index (κ1) is 49.9. The Morgan fingerprint density at radius 3 is 2.03 bits per heavy atom. The normalized spacial score (nSPS) is 14.2. The molecule has 3 aromatic rings. The van der Waals surface area contributed by atoms with Gasteiger partial charge in [0.2, 0.25) is 0 Å². The molecule has 0 saturated heterocycles. The zero-order valence-corrected chi connectivity index (χ0v) is 42.9. The third kappa shape index (κ3) is 11.6. The van der Waals surface area contributed by atoms with Crippen LogP contribution in [0.2, 0.25) is 0 Å². The van der Waals surface area contributed by atoms with E-state index in [1.54, 1.807) is 12.5 Å². The highest BCUT2D eigenvalue weighted by Gasteiger charge is 2.14. The van der Waals surface area contributed by atoms with Gasteiger partial charge in [-0.3, -0.25) is 0 Å². The van der Waals surface area contributed by atoms with Crippen molar-refractivity contribution < 1.29 is 8.83 Å². The van der Waals surface area contributed by atoms with Crippen LogP contribution in [-0.4, -0.2) is 18.3 Å². The smallest absolute Gasteiger partial charge is 0.140 e. The molecule has 5 aliphatic heterocycles. The molecule has 0 atom stereocenters. The lowest BCUT2D eigenvalue weighted by atomic mass is 9.99. The van der Waals surface area contributed by atoms with Crippen molar-refractivity contribution in [3.63, 3.8) is 0 Å². The van der Waals surface area contributed by atoms with Crippen LogP contribution in [-0.2, 0) is 7.05 Å². The van der Waals surface area contributed by atoms with Gasteiger partial charge in [-0.2, -0.15) is 0 Å². The first-order valence-electron chi connectivity index (χ1n) is 24.8. The number of hydrogen-bond acceptors (Lipinski definition) is 5. The number of aromatic nitrogens is 1. The lowest BCUT2D eigenvalue weighted by Gasteiger charge is -2.25. The molecule has 0 spiro atoms. The quantitative estimate of drug-likeness (QED) is 0.181. The lowest BCUT2D eigenvalue weighted by Crippen LogP contribution is -2.18. The fraction of sp³-hybridized carbons (Fsp3) is 0.152. The molecule has 2 N–H and O–H groups in total. The average Bonchev–Trinajstić information content (AvgIpc) is 4.23. The number of para-hydroxylation sites is 1. The molecule has 5 heterocycles. The maximum Gasteiger partial charge on any atom is 0.140 e. The summed E-state index contributed by atoms with van der Waals surface area (Å²) in [7, 11) is 4.17. The van der Waals surface area contributed by atoms with E-state index >= 15 is 0 Å². The highest BCUT2D eigenvalue weighted by atomic mass is 16.3. The first-order chi connectivity index (χ1) is 35.2. The van der Waals surface area contributed by atoms with Crippen LogP contribution in [0.1, 0.15) is 61.9 Å². The van der Waals surface area contributed by atoms with Gasteiger partial charge in [-0.05, 0) is 152 Å². The maximum atomic E-state index is 5.38. The second kappa shape index (κ2) is 23.9. The number of fused-ring (bicyclic) bond motifs is 5. The number of pyridine rings is 1. The number of likely N-dealkylation sites (N-methyl/N-ethyl adjacent to an activating group) is 1. The summed E-state index contributed by atoms with van der Waals surface area (Å²) in [5, 5.41) is 9.34. The number of aryl methyl sites for hydroxylation is 3. The van der Waals surface area contributed by atoms with Gasteiger partial charge in [0.05, 0.1) is 24.9 Å². The third-order valence-electron chi connectivity index (χ3n) is 13.1. The van der Waals surface area contributed by atoms with Crippen molar-refractivity contribution >= 4 is 46.1 Å². The number of hydrogen-bond donors (Lipinski definition) is 2. The summed E-state index contributed by atoms with van der Waals surface area (Å²) >= 11 is 0. The molecule has 6 heteroatoms. The summed E-state index contributed by atoms with van der Waals surface area (Å²) < 4.78 is 12.8. The summed E-state index contributed by atoms with van der Waals surface area (Å²) in [6.07, 6.45) is 32.2. The molecule has 362 valence electrons. The topological polar surface area (TPSA) is 58.5 Å². The van der Waals surface area contributed by atoms with E-state index in [0.717, 1.165) is 35.7 Å². The van der Waals surface area contributed by atoms with Crippen molar-refractivity contribution in [3.8, 4) is 33.9 Å². The van der Waals surface area contributed by atoms with Crippen molar-refractivity contribution in [2.45, 2.75) is 48.0 Å². The van der Waals surface area contributed by atoms with Gasteiger partial charge in [-0.15, -0.1) is 0 Å². The van der Waals surface area contributed by atoms with Crippen LogP contribution in [0, 0.1) is 13.8 Å². The van der Waals surface area contributed by atoms with Crippen molar-refractivity contribution in [1.29, 1.82) is 0 Å². The minimum atomic E-state index is 0.815. The van der Waals surface area contributed by atoms with Crippen molar-refractivity contribution in [3.05, 3.63) is 251 Å². The molecule has 3 aromatic carbocycles. The van der Waals surface area contributed by atoms with Crippen LogP contribution in [0.15, 0.2) is 232 Å². The molecule has 0 radical (unpaired) electrons. The van der Waals surface area contributed by atoms with Crippen LogP contribution >= 0.6 is 0 Å². The standard InChI is InChI=1S/C12H12N2.2C12H13N.C11H10O.C10H10.C9H8O/c1-8-5-6-11-12-9(8)3-2-4-10(12)13-7-14-11;1-3-11-9-8-10-6-4-5-7-12(10)13(11)2;1-3-5-10-7-8-11-6-4-9-13(2)12(10)11;1-2-4-9-6-7-10-5-3-8-12-11(9)10;1-8-6-7-9-4-2-3-5-10(8)9;1-7-4-5-8-3-2-6-10-9(7)8/h2-6,13-14H,7H2,1H3;2*3-9H,1-2H3;2-8H,1H3;2-4,6-7H,5H2,1H3;2-6H,1H3/b;11-3+;5-3+;4-2+;;. The van der Waals surface area contributed by atoms with Gasteiger partial charge >= 0.3 is 0 Å². The Morgan fingerprint density at radius 2 is 1.26 bits per heavy atom. The van der Waals surface area contributed by atoms with Crippen molar-refractivity contribution in [2.24, 2.45) is 7.05 Å². The monoisotopic (exact) mass is 947 g/mol. The lowest BCUT2D eigenvalue weighted by molar-refractivity contribution is 0.564. The number of benzene rings is 3. The summed E-state index contributed by atoms with van der Waals surface area (Å²) in [6, 6.07) is 43.8. The zero-order valence-electron chi connectivity index (χ0n) is 42.9. The number of rotatable bonds is 2. The Bertz CT molecular complexity index is 3400. The zero-order chi connectivity index (χ0) is 50.4. The second-order valence-corrected chi connectivity index (χ2v) is 17.9. The van der Waals surface area contributed by atoms with Crippen molar-refractivity contribution in [2.75, 3.05) is 29.2 Å². The van der Waals surface area contributed by atoms with E-state index in [-0.39, 0.29) is 0 Å². The van der Waals surface area contributed by atoms with Crippen LogP contribution in [0.4, 0.5) is 17.1 Å². The molecular formula is C66H66N4O2. The molecule has 0 amide bonds. The van der Waals surface area contributed by atoms with E-state index in [1.807, 2.05) is 57.2 Å². The van der Waals surface area contributed by atoms with Crippen LogP contribution < -0.4 is 15.5 Å². The van der Waals surface area contributed by atoms with E-state index in [0.29, 0.717) is 0 Å². The van der Waals surface area contributed by atoms with Gasteiger partial charge in [-0.1, -0.05) is 146 Å². The minimum Gasteiger partial charge on any atom is -0.464 e. The number of anilines is 3. The molecule has 5 aliphatic carbocycles. The third-order valence-corrected chi connectivity index (χ3v) is 13.1. The van der Waals surface area contributed by atoms with Crippen LogP contribution in [0.25, 0.3) is 62.9 Å². The minimum absolute atomic E-state index is 0.815. The van der Waals surface area contributed by atoms with E-state index in [2.05, 4.69) is 225 Å². The second-order valence-electron chi connectivity index (χ2n) is 17.9. The van der Waals surface area contributed by atoms with E-state index in [1.165, 1.54) is 89.3 Å². The Hall–Kier alpha value is -8.48. The molecule has 0 aromatic heterocycles. The largest absolute Gasteiger partial charge is 0.464 e. The Balaban J connectivity index is 0.000000116. The predicted octanol–water partition coefficient (Wildman–Crippen LogP) is 18.0. The Kier molecular flexibility index (Phi) is 16.6. The van der Waals surface area contributed by atoms with E-state index < -0.39 is 0 Å². The molecule has 0 fully saturated rings. The Labute approximate surface area is 426 Å². The first-order valence-corrected chi connectivity index (χ1v) is 24.8. The van der Waals surface area contributed by atoms with Gasteiger partial charge in [0, 0.05) is 65.1 Å². The molecular weight excluding hydrogens is 881 g/mol. The van der Waals surface area contributed by atoms with E-state index in [4.69, 9.17) is 8.83 Å². The summed E-state index contributed by atoms with van der Waals surface area (Å²) in [4.78, 5) is 2.20.